The first-order valence-corrected chi connectivity index (χ1v) is 6.33. The average Bonchev–Trinajstić information content (AvgIpc) is 2.37. The van der Waals surface area contributed by atoms with E-state index in [9.17, 15) is 9.59 Å². The van der Waals surface area contributed by atoms with Crippen LogP contribution >= 0.6 is 0 Å². The van der Waals surface area contributed by atoms with Crippen LogP contribution in [-0.2, 0) is 4.79 Å². The van der Waals surface area contributed by atoms with Crippen molar-refractivity contribution in [2.45, 2.75) is 26.7 Å². The lowest BCUT2D eigenvalue weighted by Crippen LogP contribution is -2.33. The minimum absolute atomic E-state index is 0.135. The number of anilines is 1. The zero-order valence-electron chi connectivity index (χ0n) is 11.3. The van der Waals surface area contributed by atoms with Crippen LogP contribution in [0.2, 0.25) is 0 Å². The highest BCUT2D eigenvalue weighted by Gasteiger charge is 2.18. The van der Waals surface area contributed by atoms with Crippen LogP contribution in [0.15, 0.2) is 18.2 Å². The summed E-state index contributed by atoms with van der Waals surface area (Å²) in [6.07, 6.45) is 1.32. The van der Waals surface area contributed by atoms with Crippen molar-refractivity contribution in [1.82, 2.24) is 5.32 Å². The molecule has 1 aromatic carbocycles. The normalized spacial score (nSPS) is 11.9. The minimum atomic E-state index is -0.883. The fraction of sp³-hybridized carbons (Fsp3) is 0.429. The van der Waals surface area contributed by atoms with Gasteiger partial charge in [0.2, 0.25) is 0 Å². The molecule has 0 bridgehead atoms. The topological polar surface area (TPSA) is 92.4 Å². The molecule has 0 saturated heterocycles. The Morgan fingerprint density at radius 2 is 2.11 bits per heavy atom. The number of hydrogen-bond donors (Lipinski definition) is 3. The van der Waals surface area contributed by atoms with Crippen LogP contribution in [0.5, 0.6) is 0 Å². The van der Waals surface area contributed by atoms with E-state index in [1.807, 2.05) is 6.92 Å². The van der Waals surface area contributed by atoms with Crippen molar-refractivity contribution >= 4 is 17.6 Å². The van der Waals surface area contributed by atoms with E-state index in [4.69, 9.17) is 10.8 Å². The van der Waals surface area contributed by atoms with Gasteiger partial charge in [-0.1, -0.05) is 19.4 Å². The number of benzene rings is 1. The predicted octanol–water partition coefficient (Wildman–Crippen LogP) is 1.81. The molecule has 0 aliphatic carbocycles. The van der Waals surface area contributed by atoms with E-state index in [-0.39, 0.29) is 12.5 Å². The molecular formula is C14H20N2O3. The lowest BCUT2D eigenvalue weighted by molar-refractivity contribution is -0.141. The van der Waals surface area contributed by atoms with Crippen LogP contribution in [0.3, 0.4) is 0 Å². The van der Waals surface area contributed by atoms with Crippen LogP contribution in [0.25, 0.3) is 0 Å². The molecule has 0 aromatic heterocycles. The monoisotopic (exact) mass is 264 g/mol. The molecule has 1 rings (SSSR count). The van der Waals surface area contributed by atoms with Gasteiger partial charge in [-0.15, -0.1) is 0 Å². The summed E-state index contributed by atoms with van der Waals surface area (Å²) in [5, 5.41) is 11.7. The molecule has 1 aromatic rings. The van der Waals surface area contributed by atoms with Gasteiger partial charge in [-0.2, -0.15) is 0 Å². The smallest absolute Gasteiger partial charge is 0.308 e. The van der Waals surface area contributed by atoms with Gasteiger partial charge in [0.05, 0.1) is 5.92 Å². The van der Waals surface area contributed by atoms with Gasteiger partial charge in [-0.25, -0.2) is 0 Å². The fourth-order valence-corrected chi connectivity index (χ4v) is 1.87. The van der Waals surface area contributed by atoms with Crippen LogP contribution in [0.1, 0.15) is 35.7 Å². The predicted molar refractivity (Wildman–Crippen MR) is 74.0 cm³/mol. The Morgan fingerprint density at radius 3 is 2.68 bits per heavy atom. The zero-order chi connectivity index (χ0) is 14.4. The number of nitrogens with two attached hydrogens (primary N) is 1. The molecule has 1 amide bonds. The molecule has 0 aliphatic rings. The minimum Gasteiger partial charge on any atom is -0.481 e. The molecule has 0 aliphatic heterocycles. The van der Waals surface area contributed by atoms with Gasteiger partial charge in [0.1, 0.15) is 0 Å². The fourth-order valence-electron chi connectivity index (χ4n) is 1.87. The zero-order valence-corrected chi connectivity index (χ0v) is 11.3. The Morgan fingerprint density at radius 1 is 1.42 bits per heavy atom. The Labute approximate surface area is 112 Å². The van der Waals surface area contributed by atoms with E-state index >= 15 is 0 Å². The van der Waals surface area contributed by atoms with Gasteiger partial charge in [0, 0.05) is 17.8 Å². The highest BCUT2D eigenvalue weighted by atomic mass is 16.4. The van der Waals surface area contributed by atoms with Crippen molar-refractivity contribution in [3.05, 3.63) is 29.3 Å². The number of carbonyl (C=O) groups is 2. The molecular weight excluding hydrogens is 244 g/mol. The number of hydrogen-bond acceptors (Lipinski definition) is 3. The lowest BCUT2D eigenvalue weighted by atomic mass is 10.0. The second kappa shape index (κ2) is 6.78. The Bertz CT molecular complexity index is 472. The Hall–Kier alpha value is -2.04. The van der Waals surface area contributed by atoms with E-state index in [1.165, 1.54) is 0 Å². The lowest BCUT2D eigenvalue weighted by Gasteiger charge is -2.13. The molecule has 1 atom stereocenters. The van der Waals surface area contributed by atoms with Crippen molar-refractivity contribution in [2.24, 2.45) is 5.92 Å². The second-order valence-electron chi connectivity index (χ2n) is 4.55. The van der Waals surface area contributed by atoms with Gasteiger partial charge in [0.15, 0.2) is 0 Å². The summed E-state index contributed by atoms with van der Waals surface area (Å²) >= 11 is 0. The molecule has 0 radical (unpaired) electrons. The van der Waals surface area contributed by atoms with E-state index in [0.29, 0.717) is 23.2 Å². The molecule has 0 heterocycles. The maximum Gasteiger partial charge on any atom is 0.308 e. The van der Waals surface area contributed by atoms with Crippen molar-refractivity contribution < 1.29 is 14.7 Å². The van der Waals surface area contributed by atoms with Gasteiger partial charge in [-0.3, -0.25) is 9.59 Å². The third kappa shape index (κ3) is 3.98. The summed E-state index contributed by atoms with van der Waals surface area (Å²) in [7, 11) is 0. The first-order chi connectivity index (χ1) is 8.97. The van der Waals surface area contributed by atoms with Gasteiger partial charge < -0.3 is 16.2 Å². The average molecular weight is 264 g/mol. The largest absolute Gasteiger partial charge is 0.481 e. The SMILES string of the molecule is CCCC(CNC(=O)c1cccc(N)c1C)C(=O)O. The summed E-state index contributed by atoms with van der Waals surface area (Å²) in [4.78, 5) is 23.0. The molecule has 1 unspecified atom stereocenters. The highest BCUT2D eigenvalue weighted by molar-refractivity contribution is 5.97. The first kappa shape index (κ1) is 15.0. The molecule has 19 heavy (non-hydrogen) atoms. The quantitative estimate of drug-likeness (QED) is 0.683. The summed E-state index contributed by atoms with van der Waals surface area (Å²) in [5.74, 6) is -1.71. The number of aliphatic carboxylic acids is 1. The third-order valence-electron chi connectivity index (χ3n) is 3.12. The Balaban J connectivity index is 2.69. The first-order valence-electron chi connectivity index (χ1n) is 6.33. The summed E-state index contributed by atoms with van der Waals surface area (Å²) in [5.41, 5.74) is 7.49. The van der Waals surface area contributed by atoms with Crippen LogP contribution < -0.4 is 11.1 Å². The number of nitrogen functional groups attached to an aromatic ring is 1. The van der Waals surface area contributed by atoms with E-state index in [0.717, 1.165) is 6.42 Å². The second-order valence-corrected chi connectivity index (χ2v) is 4.55. The molecule has 5 nitrogen and oxygen atoms in total. The number of carbonyl (C=O) groups excluding carboxylic acids is 1. The van der Waals surface area contributed by atoms with Crippen molar-refractivity contribution in [1.29, 1.82) is 0 Å². The molecule has 4 N–H and O–H groups in total. The highest BCUT2D eigenvalue weighted by Crippen LogP contribution is 2.15. The number of carboxylic acid groups (broad SMARTS) is 1. The molecule has 5 heteroatoms. The third-order valence-corrected chi connectivity index (χ3v) is 3.12. The van der Waals surface area contributed by atoms with Crippen molar-refractivity contribution in [3.8, 4) is 0 Å². The van der Waals surface area contributed by atoms with Crippen LogP contribution in [-0.4, -0.2) is 23.5 Å². The van der Waals surface area contributed by atoms with Gasteiger partial charge >= 0.3 is 5.97 Å². The standard InChI is InChI=1S/C14H20N2O3/c1-3-5-10(14(18)19)8-16-13(17)11-6-4-7-12(15)9(11)2/h4,6-7,10H,3,5,8,15H2,1-2H3,(H,16,17)(H,18,19). The molecule has 0 fully saturated rings. The summed E-state index contributed by atoms with van der Waals surface area (Å²) in [6, 6.07) is 5.11. The number of rotatable bonds is 6. The van der Waals surface area contributed by atoms with Crippen LogP contribution in [0.4, 0.5) is 5.69 Å². The van der Waals surface area contributed by atoms with Crippen molar-refractivity contribution in [2.75, 3.05) is 12.3 Å². The van der Waals surface area contributed by atoms with Gasteiger partial charge in [-0.05, 0) is 31.0 Å². The van der Waals surface area contributed by atoms with E-state index < -0.39 is 11.9 Å². The molecule has 0 spiro atoms. The Kier molecular flexibility index (Phi) is 5.36. The van der Waals surface area contributed by atoms with Gasteiger partial charge in [0.25, 0.3) is 5.91 Å². The molecule has 0 saturated carbocycles. The number of nitrogens with one attached hydrogen (secondary N) is 1. The molecule has 104 valence electrons. The summed E-state index contributed by atoms with van der Waals surface area (Å²) in [6.45, 7) is 3.82. The maximum absolute atomic E-state index is 12.0. The summed E-state index contributed by atoms with van der Waals surface area (Å²) < 4.78 is 0. The van der Waals surface area contributed by atoms with Crippen molar-refractivity contribution in [3.63, 3.8) is 0 Å². The van der Waals surface area contributed by atoms with E-state index in [2.05, 4.69) is 5.32 Å². The van der Waals surface area contributed by atoms with Crippen LogP contribution in [0, 0.1) is 12.8 Å². The maximum atomic E-state index is 12.0. The number of amides is 1. The van der Waals surface area contributed by atoms with E-state index in [1.54, 1.807) is 25.1 Å². The number of carboxylic acids is 1.